The fourth-order valence-electron chi connectivity index (χ4n) is 3.45. The Balaban J connectivity index is 1.51. The highest BCUT2D eigenvalue weighted by atomic mass is 16.3. The van der Waals surface area contributed by atoms with Gasteiger partial charge >= 0.3 is 0 Å². The van der Waals surface area contributed by atoms with Crippen LogP contribution in [0.5, 0.6) is 0 Å². The predicted octanol–water partition coefficient (Wildman–Crippen LogP) is 2.17. The van der Waals surface area contributed by atoms with Gasteiger partial charge in [0.25, 0.3) is 0 Å². The van der Waals surface area contributed by atoms with E-state index in [0.29, 0.717) is 11.5 Å². The zero-order valence-corrected chi connectivity index (χ0v) is 8.89. The van der Waals surface area contributed by atoms with Crippen LogP contribution in [0.3, 0.4) is 0 Å². The molecule has 0 saturated heterocycles. The Morgan fingerprint density at radius 3 is 2.21 bits per heavy atom. The van der Waals surface area contributed by atoms with Crippen molar-refractivity contribution in [3.05, 3.63) is 0 Å². The molecule has 3 rings (SSSR count). The maximum absolute atomic E-state index is 10.2. The third-order valence-corrected chi connectivity index (χ3v) is 4.37. The van der Waals surface area contributed by atoms with Gasteiger partial charge in [-0.05, 0) is 43.9 Å². The quantitative estimate of drug-likeness (QED) is 0.662. The highest BCUT2D eigenvalue weighted by molar-refractivity contribution is 5.11. The average Bonchev–Trinajstić information content (AvgIpc) is 2.85. The van der Waals surface area contributed by atoms with Crippen molar-refractivity contribution in [2.45, 2.75) is 69.6 Å². The predicted molar refractivity (Wildman–Crippen MR) is 55.9 cm³/mol. The lowest BCUT2D eigenvalue weighted by Crippen LogP contribution is -2.59. The monoisotopic (exact) mass is 195 g/mol. The minimum Gasteiger partial charge on any atom is -0.376 e. The normalized spacial score (nSPS) is 34.1. The molecule has 0 aromatic carbocycles. The summed E-state index contributed by atoms with van der Waals surface area (Å²) in [5.41, 5.74) is 0.120. The average molecular weight is 195 g/mol. The van der Waals surface area contributed by atoms with Crippen LogP contribution in [0.4, 0.5) is 0 Å². The molecule has 0 amide bonds. The molecule has 3 saturated carbocycles. The molecule has 14 heavy (non-hydrogen) atoms. The van der Waals surface area contributed by atoms with Crippen molar-refractivity contribution in [1.29, 1.82) is 0 Å². The van der Waals surface area contributed by atoms with Gasteiger partial charge in [-0.15, -0.1) is 0 Å². The zero-order chi connectivity index (χ0) is 9.65. The van der Waals surface area contributed by atoms with Crippen LogP contribution in [-0.4, -0.2) is 16.9 Å². The molecule has 3 aliphatic rings. The van der Waals surface area contributed by atoms with E-state index in [1.54, 1.807) is 0 Å². The van der Waals surface area contributed by atoms with Gasteiger partial charge in [0.1, 0.15) is 5.72 Å². The standard InChI is InChI=1S/C12H21NO/c14-12(8-11(9-12)6-7-11)13-10-4-2-1-3-5-10/h10,13-14H,1-9H2. The lowest BCUT2D eigenvalue weighted by molar-refractivity contribution is -0.120. The highest BCUT2D eigenvalue weighted by Gasteiger charge is 2.60. The number of nitrogens with one attached hydrogen (secondary N) is 1. The Hall–Kier alpha value is -0.0800. The van der Waals surface area contributed by atoms with E-state index in [1.165, 1.54) is 44.9 Å². The first-order valence-electron chi connectivity index (χ1n) is 6.20. The summed E-state index contributed by atoms with van der Waals surface area (Å²) in [6.07, 6.45) is 11.4. The molecule has 1 spiro atoms. The maximum atomic E-state index is 10.2. The van der Waals surface area contributed by atoms with Crippen LogP contribution in [0.1, 0.15) is 57.8 Å². The van der Waals surface area contributed by atoms with Gasteiger partial charge in [-0.1, -0.05) is 19.3 Å². The molecule has 3 aliphatic carbocycles. The van der Waals surface area contributed by atoms with Crippen molar-refractivity contribution >= 4 is 0 Å². The van der Waals surface area contributed by atoms with Gasteiger partial charge in [-0.25, -0.2) is 0 Å². The first-order valence-corrected chi connectivity index (χ1v) is 6.20. The summed E-state index contributed by atoms with van der Waals surface area (Å²) < 4.78 is 0. The van der Waals surface area contributed by atoms with Gasteiger partial charge < -0.3 is 5.11 Å². The number of hydrogen-bond donors (Lipinski definition) is 2. The van der Waals surface area contributed by atoms with E-state index in [2.05, 4.69) is 5.32 Å². The summed E-state index contributed by atoms with van der Waals surface area (Å²) in [6, 6.07) is 0.602. The molecule has 3 fully saturated rings. The second kappa shape index (κ2) is 2.96. The number of aliphatic hydroxyl groups is 1. The fraction of sp³-hybridized carbons (Fsp3) is 1.00. The van der Waals surface area contributed by atoms with Gasteiger partial charge in [-0.2, -0.15) is 0 Å². The van der Waals surface area contributed by atoms with E-state index < -0.39 is 5.72 Å². The number of hydrogen-bond acceptors (Lipinski definition) is 2. The van der Waals surface area contributed by atoms with Gasteiger partial charge in [0.2, 0.25) is 0 Å². The molecular formula is C12H21NO. The van der Waals surface area contributed by atoms with E-state index in [-0.39, 0.29) is 0 Å². The van der Waals surface area contributed by atoms with Crippen LogP contribution >= 0.6 is 0 Å². The van der Waals surface area contributed by atoms with Gasteiger partial charge in [-0.3, -0.25) is 5.32 Å². The van der Waals surface area contributed by atoms with Crippen molar-refractivity contribution < 1.29 is 5.11 Å². The van der Waals surface area contributed by atoms with Crippen molar-refractivity contribution in [1.82, 2.24) is 5.32 Å². The Morgan fingerprint density at radius 1 is 1.00 bits per heavy atom. The molecule has 2 N–H and O–H groups in total. The molecule has 80 valence electrons. The van der Waals surface area contributed by atoms with E-state index >= 15 is 0 Å². The third-order valence-electron chi connectivity index (χ3n) is 4.37. The Bertz CT molecular complexity index is 220. The lowest BCUT2D eigenvalue weighted by atomic mass is 9.73. The third kappa shape index (κ3) is 1.59. The molecule has 2 nitrogen and oxygen atoms in total. The van der Waals surface area contributed by atoms with Crippen LogP contribution in [0.2, 0.25) is 0 Å². The summed E-state index contributed by atoms with van der Waals surface area (Å²) in [6.45, 7) is 0. The van der Waals surface area contributed by atoms with Gasteiger partial charge in [0.15, 0.2) is 0 Å². The van der Waals surface area contributed by atoms with Gasteiger partial charge in [0, 0.05) is 6.04 Å². The first-order chi connectivity index (χ1) is 6.70. The van der Waals surface area contributed by atoms with Crippen molar-refractivity contribution in [2.24, 2.45) is 5.41 Å². The van der Waals surface area contributed by atoms with Crippen LogP contribution in [0.15, 0.2) is 0 Å². The minimum absolute atomic E-state index is 0.474. The SMILES string of the molecule is OC1(NC2CCCCC2)CC2(CC2)C1. The topological polar surface area (TPSA) is 32.3 Å². The van der Waals surface area contributed by atoms with E-state index in [1.807, 2.05) is 0 Å². The maximum Gasteiger partial charge on any atom is 0.117 e. The summed E-state index contributed by atoms with van der Waals surface area (Å²) in [7, 11) is 0. The second-order valence-corrected chi connectivity index (χ2v) is 5.86. The molecule has 0 radical (unpaired) electrons. The molecule has 2 heteroatoms. The Morgan fingerprint density at radius 2 is 1.64 bits per heavy atom. The Kier molecular flexibility index (Phi) is 1.94. The van der Waals surface area contributed by atoms with Crippen LogP contribution in [-0.2, 0) is 0 Å². The summed E-state index contributed by atoms with van der Waals surface area (Å²) in [5, 5.41) is 13.7. The van der Waals surface area contributed by atoms with Crippen molar-refractivity contribution in [3.8, 4) is 0 Å². The van der Waals surface area contributed by atoms with Crippen molar-refractivity contribution in [3.63, 3.8) is 0 Å². The minimum atomic E-state index is -0.474. The molecule has 0 aliphatic heterocycles. The lowest BCUT2D eigenvalue weighted by Gasteiger charge is -2.47. The molecule has 0 aromatic rings. The molecule has 0 aromatic heterocycles. The zero-order valence-electron chi connectivity index (χ0n) is 8.89. The van der Waals surface area contributed by atoms with Gasteiger partial charge in [0.05, 0.1) is 0 Å². The van der Waals surface area contributed by atoms with E-state index in [4.69, 9.17) is 0 Å². The smallest absolute Gasteiger partial charge is 0.117 e. The highest BCUT2D eigenvalue weighted by Crippen LogP contribution is 2.64. The van der Waals surface area contributed by atoms with Crippen LogP contribution in [0, 0.1) is 5.41 Å². The molecule has 0 heterocycles. The second-order valence-electron chi connectivity index (χ2n) is 5.86. The summed E-state index contributed by atoms with van der Waals surface area (Å²) in [4.78, 5) is 0. The van der Waals surface area contributed by atoms with Crippen LogP contribution in [0.25, 0.3) is 0 Å². The Labute approximate surface area is 86.1 Å². The molecule has 0 unspecified atom stereocenters. The number of rotatable bonds is 2. The summed E-state index contributed by atoms with van der Waals surface area (Å²) in [5.74, 6) is 0. The van der Waals surface area contributed by atoms with Crippen LogP contribution < -0.4 is 5.32 Å². The van der Waals surface area contributed by atoms with Crippen molar-refractivity contribution in [2.75, 3.05) is 0 Å². The van der Waals surface area contributed by atoms with E-state index in [9.17, 15) is 5.11 Å². The fourth-order valence-corrected chi connectivity index (χ4v) is 3.45. The molecular weight excluding hydrogens is 174 g/mol. The molecule has 0 atom stereocenters. The largest absolute Gasteiger partial charge is 0.376 e. The summed E-state index contributed by atoms with van der Waals surface area (Å²) >= 11 is 0. The van der Waals surface area contributed by atoms with E-state index in [0.717, 1.165) is 12.8 Å². The molecule has 0 bridgehead atoms. The first kappa shape index (κ1) is 9.17.